The summed E-state index contributed by atoms with van der Waals surface area (Å²) in [5, 5.41) is 12.0. The minimum Gasteiger partial charge on any atom is -0.508 e. The van der Waals surface area contributed by atoms with Gasteiger partial charge >= 0.3 is 0 Å². The molecule has 0 unspecified atom stereocenters. The summed E-state index contributed by atoms with van der Waals surface area (Å²) in [6.07, 6.45) is 3.59. The molecule has 2 rings (SSSR count). The predicted molar refractivity (Wildman–Crippen MR) is 62.2 cm³/mol. The summed E-state index contributed by atoms with van der Waals surface area (Å²) in [6.45, 7) is 0.380. The van der Waals surface area contributed by atoms with Crippen LogP contribution in [0.25, 0.3) is 0 Å². The number of H-pyrrole nitrogens is 1. The molecule has 5 nitrogen and oxygen atoms in total. The maximum atomic E-state index is 11.6. The predicted octanol–water partition coefficient (Wildman–Crippen LogP) is 0.974. The van der Waals surface area contributed by atoms with Crippen LogP contribution in [0.3, 0.4) is 0 Å². The average molecular weight is 231 g/mol. The average Bonchev–Trinajstić information content (AvgIpc) is 2.79. The van der Waals surface area contributed by atoms with E-state index in [9.17, 15) is 9.90 Å². The third kappa shape index (κ3) is 3.34. The Morgan fingerprint density at radius 1 is 1.47 bits per heavy atom. The van der Waals surface area contributed by atoms with Gasteiger partial charge in [0, 0.05) is 12.4 Å². The number of rotatable bonds is 4. The Bertz CT molecular complexity index is 494. The van der Waals surface area contributed by atoms with Gasteiger partial charge in [0.1, 0.15) is 11.6 Å². The first-order chi connectivity index (χ1) is 8.24. The van der Waals surface area contributed by atoms with E-state index in [-0.39, 0.29) is 18.1 Å². The normalized spacial score (nSPS) is 10.1. The van der Waals surface area contributed by atoms with E-state index in [4.69, 9.17) is 0 Å². The van der Waals surface area contributed by atoms with Gasteiger partial charge in [-0.3, -0.25) is 4.79 Å². The number of aromatic amines is 1. The van der Waals surface area contributed by atoms with Gasteiger partial charge in [0.15, 0.2) is 0 Å². The zero-order valence-electron chi connectivity index (χ0n) is 9.18. The highest BCUT2D eigenvalue weighted by Gasteiger charge is 2.04. The second-order valence-electron chi connectivity index (χ2n) is 3.66. The lowest BCUT2D eigenvalue weighted by Gasteiger charge is -2.03. The largest absolute Gasteiger partial charge is 0.508 e. The van der Waals surface area contributed by atoms with Crippen LogP contribution in [0.1, 0.15) is 11.4 Å². The molecule has 3 N–H and O–H groups in total. The van der Waals surface area contributed by atoms with Gasteiger partial charge in [-0.25, -0.2) is 4.98 Å². The maximum Gasteiger partial charge on any atom is 0.224 e. The molecule has 0 aliphatic carbocycles. The zero-order chi connectivity index (χ0) is 12.1. The summed E-state index contributed by atoms with van der Waals surface area (Å²) in [7, 11) is 0. The van der Waals surface area contributed by atoms with Gasteiger partial charge in [0.05, 0.1) is 13.0 Å². The van der Waals surface area contributed by atoms with Gasteiger partial charge in [-0.1, -0.05) is 12.1 Å². The second kappa shape index (κ2) is 5.16. The summed E-state index contributed by atoms with van der Waals surface area (Å²) >= 11 is 0. The Hall–Kier alpha value is -2.30. The molecule has 0 atom stereocenters. The molecular weight excluding hydrogens is 218 g/mol. The highest BCUT2D eigenvalue weighted by atomic mass is 16.3. The minimum atomic E-state index is -0.105. The number of aromatic nitrogens is 2. The van der Waals surface area contributed by atoms with Crippen molar-refractivity contribution >= 4 is 5.91 Å². The maximum absolute atomic E-state index is 11.6. The van der Waals surface area contributed by atoms with Gasteiger partial charge < -0.3 is 15.4 Å². The molecule has 5 heteroatoms. The lowest BCUT2D eigenvalue weighted by atomic mass is 10.1. The second-order valence-corrected chi connectivity index (χ2v) is 3.66. The molecule has 0 fully saturated rings. The molecular formula is C12H13N3O2. The number of carbonyl (C=O) groups is 1. The Balaban J connectivity index is 1.85. The van der Waals surface area contributed by atoms with Crippen LogP contribution in [0.2, 0.25) is 0 Å². The molecule has 88 valence electrons. The van der Waals surface area contributed by atoms with Crippen LogP contribution in [0, 0.1) is 0 Å². The van der Waals surface area contributed by atoms with Gasteiger partial charge in [-0.2, -0.15) is 0 Å². The highest BCUT2D eigenvalue weighted by molar-refractivity contribution is 5.78. The van der Waals surface area contributed by atoms with Crippen LogP contribution in [-0.2, 0) is 17.8 Å². The first-order valence-corrected chi connectivity index (χ1v) is 5.27. The number of hydrogen-bond acceptors (Lipinski definition) is 3. The molecule has 1 heterocycles. The van der Waals surface area contributed by atoms with E-state index in [0.717, 1.165) is 5.56 Å². The first kappa shape index (κ1) is 11.2. The number of nitrogens with zero attached hydrogens (tertiary/aromatic N) is 1. The first-order valence-electron chi connectivity index (χ1n) is 5.27. The smallest absolute Gasteiger partial charge is 0.224 e. The Morgan fingerprint density at radius 3 is 3.06 bits per heavy atom. The van der Waals surface area contributed by atoms with E-state index in [2.05, 4.69) is 15.3 Å². The third-order valence-corrected chi connectivity index (χ3v) is 2.28. The molecule has 0 saturated carbocycles. The van der Waals surface area contributed by atoms with Crippen LogP contribution in [0.15, 0.2) is 36.7 Å². The fourth-order valence-corrected chi connectivity index (χ4v) is 1.49. The van der Waals surface area contributed by atoms with Gasteiger partial charge in [-0.15, -0.1) is 0 Å². The quantitative estimate of drug-likeness (QED) is 0.733. The molecule has 1 aromatic heterocycles. The van der Waals surface area contributed by atoms with Crippen LogP contribution in [0.5, 0.6) is 5.75 Å². The van der Waals surface area contributed by atoms with Crippen LogP contribution in [-0.4, -0.2) is 21.0 Å². The van der Waals surface area contributed by atoms with E-state index >= 15 is 0 Å². The number of amides is 1. The molecule has 0 saturated heterocycles. The van der Waals surface area contributed by atoms with E-state index in [1.165, 1.54) is 0 Å². The number of benzene rings is 1. The van der Waals surface area contributed by atoms with Gasteiger partial charge in [0.25, 0.3) is 0 Å². The molecule has 0 bridgehead atoms. The Morgan fingerprint density at radius 2 is 2.35 bits per heavy atom. The summed E-state index contributed by atoms with van der Waals surface area (Å²) in [5.41, 5.74) is 0.780. The SMILES string of the molecule is O=C(Cc1cccc(O)c1)NCc1ncc[nH]1. The van der Waals surface area contributed by atoms with Gasteiger partial charge in [0.2, 0.25) is 5.91 Å². The lowest BCUT2D eigenvalue weighted by molar-refractivity contribution is -0.120. The topological polar surface area (TPSA) is 78.0 Å². The molecule has 17 heavy (non-hydrogen) atoms. The van der Waals surface area contributed by atoms with Crippen molar-refractivity contribution in [1.82, 2.24) is 15.3 Å². The summed E-state index contributed by atoms with van der Waals surface area (Å²) in [6, 6.07) is 6.66. The Kier molecular flexibility index (Phi) is 3.40. The summed E-state index contributed by atoms with van der Waals surface area (Å²) in [4.78, 5) is 18.5. The van der Waals surface area contributed by atoms with Crippen LogP contribution >= 0.6 is 0 Å². The molecule has 1 aromatic carbocycles. The standard InChI is InChI=1S/C12H13N3O2/c16-10-3-1-2-9(6-10)7-12(17)15-8-11-13-4-5-14-11/h1-6,16H,7-8H2,(H,13,14)(H,15,17). The molecule has 0 aliphatic heterocycles. The van der Waals surface area contributed by atoms with Crippen molar-refractivity contribution < 1.29 is 9.90 Å². The Labute approximate surface area is 98.5 Å². The van der Waals surface area contributed by atoms with Crippen molar-refractivity contribution in [3.63, 3.8) is 0 Å². The van der Waals surface area contributed by atoms with Crippen molar-refractivity contribution in [2.75, 3.05) is 0 Å². The van der Waals surface area contributed by atoms with E-state index in [0.29, 0.717) is 12.4 Å². The fourth-order valence-electron chi connectivity index (χ4n) is 1.49. The molecule has 0 radical (unpaired) electrons. The van der Waals surface area contributed by atoms with Crippen molar-refractivity contribution in [1.29, 1.82) is 0 Å². The highest BCUT2D eigenvalue weighted by Crippen LogP contribution is 2.11. The van der Waals surface area contributed by atoms with E-state index in [1.807, 2.05) is 0 Å². The number of aromatic hydroxyl groups is 1. The van der Waals surface area contributed by atoms with Crippen LogP contribution < -0.4 is 5.32 Å². The van der Waals surface area contributed by atoms with Crippen molar-refractivity contribution in [3.05, 3.63) is 48.0 Å². The number of hydrogen-bond donors (Lipinski definition) is 3. The number of nitrogens with one attached hydrogen (secondary N) is 2. The molecule has 1 amide bonds. The molecule has 2 aromatic rings. The van der Waals surface area contributed by atoms with E-state index < -0.39 is 0 Å². The van der Waals surface area contributed by atoms with Gasteiger partial charge in [-0.05, 0) is 17.7 Å². The molecule has 0 aliphatic rings. The fraction of sp³-hybridized carbons (Fsp3) is 0.167. The molecule has 0 spiro atoms. The summed E-state index contributed by atoms with van der Waals surface area (Å²) in [5.74, 6) is 0.780. The zero-order valence-corrected chi connectivity index (χ0v) is 9.18. The summed E-state index contributed by atoms with van der Waals surface area (Å²) < 4.78 is 0. The lowest BCUT2D eigenvalue weighted by Crippen LogP contribution is -2.25. The number of phenolic OH excluding ortho intramolecular Hbond substituents is 1. The van der Waals surface area contributed by atoms with Crippen LogP contribution in [0.4, 0.5) is 0 Å². The monoisotopic (exact) mass is 231 g/mol. The van der Waals surface area contributed by atoms with E-state index in [1.54, 1.807) is 36.7 Å². The number of phenols is 1. The third-order valence-electron chi connectivity index (χ3n) is 2.28. The number of carbonyl (C=O) groups excluding carboxylic acids is 1. The van der Waals surface area contributed by atoms with Crippen molar-refractivity contribution in [2.24, 2.45) is 0 Å². The number of imidazole rings is 1. The van der Waals surface area contributed by atoms with Crippen molar-refractivity contribution in [2.45, 2.75) is 13.0 Å². The van der Waals surface area contributed by atoms with Crippen molar-refractivity contribution in [3.8, 4) is 5.75 Å². The minimum absolute atomic E-state index is 0.105.